The third-order valence-corrected chi connectivity index (χ3v) is 3.63. The van der Waals surface area contributed by atoms with Gasteiger partial charge in [0.1, 0.15) is 12.2 Å². The summed E-state index contributed by atoms with van der Waals surface area (Å²) in [6, 6.07) is 0.371. The lowest BCUT2D eigenvalue weighted by molar-refractivity contribution is 0.263. The maximum absolute atomic E-state index is 5.82. The fourth-order valence-corrected chi connectivity index (χ4v) is 2.45. The Bertz CT molecular complexity index is 373. The molecule has 0 aliphatic carbocycles. The zero-order valence-corrected chi connectivity index (χ0v) is 11.1. The fraction of sp³-hybridized carbons (Fsp3) is 0.833. The van der Waals surface area contributed by atoms with Crippen LogP contribution in [0.3, 0.4) is 0 Å². The van der Waals surface area contributed by atoms with Gasteiger partial charge in [-0.15, -0.1) is 0 Å². The predicted octanol–water partition coefficient (Wildman–Crippen LogP) is 1.03. The van der Waals surface area contributed by atoms with Gasteiger partial charge in [-0.3, -0.25) is 4.90 Å². The second-order valence-corrected chi connectivity index (χ2v) is 5.69. The molecule has 5 heteroatoms. The number of rotatable bonds is 4. The van der Waals surface area contributed by atoms with Crippen LogP contribution in [0, 0.1) is 5.41 Å². The smallest absolute Gasteiger partial charge is 0.141 e. The molecule has 1 aromatic heterocycles. The molecule has 1 atom stereocenters. The molecule has 17 heavy (non-hydrogen) atoms. The summed E-state index contributed by atoms with van der Waals surface area (Å²) in [5.74, 6) is 1.06. The van der Waals surface area contributed by atoms with E-state index in [0.717, 1.165) is 32.0 Å². The van der Waals surface area contributed by atoms with Crippen molar-refractivity contribution >= 4 is 0 Å². The first-order valence-corrected chi connectivity index (χ1v) is 6.35. The van der Waals surface area contributed by atoms with E-state index in [9.17, 15) is 0 Å². The van der Waals surface area contributed by atoms with Crippen LogP contribution in [0.1, 0.15) is 39.1 Å². The minimum Gasteiger partial charge on any atom is -0.330 e. The van der Waals surface area contributed by atoms with E-state index in [4.69, 9.17) is 5.73 Å². The van der Waals surface area contributed by atoms with Crippen molar-refractivity contribution in [2.45, 2.75) is 39.8 Å². The number of nitrogens with zero attached hydrogens (tertiary/aromatic N) is 4. The van der Waals surface area contributed by atoms with E-state index >= 15 is 0 Å². The molecule has 0 saturated carbocycles. The van der Waals surface area contributed by atoms with Crippen LogP contribution in [-0.2, 0) is 6.54 Å². The van der Waals surface area contributed by atoms with Crippen LogP contribution < -0.4 is 5.73 Å². The van der Waals surface area contributed by atoms with Gasteiger partial charge in [-0.1, -0.05) is 6.92 Å². The van der Waals surface area contributed by atoms with E-state index < -0.39 is 0 Å². The van der Waals surface area contributed by atoms with Gasteiger partial charge in [-0.25, -0.2) is 9.67 Å². The molecule has 0 aromatic carbocycles. The van der Waals surface area contributed by atoms with Gasteiger partial charge in [0.05, 0.1) is 6.54 Å². The van der Waals surface area contributed by atoms with E-state index in [-0.39, 0.29) is 5.41 Å². The Morgan fingerprint density at radius 1 is 1.53 bits per heavy atom. The summed E-state index contributed by atoms with van der Waals surface area (Å²) < 4.78 is 2.00. The van der Waals surface area contributed by atoms with E-state index in [0.29, 0.717) is 6.04 Å². The van der Waals surface area contributed by atoms with Crippen molar-refractivity contribution in [1.82, 2.24) is 19.7 Å². The van der Waals surface area contributed by atoms with Gasteiger partial charge in [-0.2, -0.15) is 5.10 Å². The second-order valence-electron chi connectivity index (χ2n) is 5.69. The molecule has 2 N–H and O–H groups in total. The summed E-state index contributed by atoms with van der Waals surface area (Å²) in [5.41, 5.74) is 6.10. The molecule has 0 radical (unpaired) electrons. The second kappa shape index (κ2) is 4.74. The molecular formula is C12H23N5. The van der Waals surface area contributed by atoms with Crippen molar-refractivity contribution in [2.24, 2.45) is 11.1 Å². The van der Waals surface area contributed by atoms with Gasteiger partial charge < -0.3 is 5.73 Å². The predicted molar refractivity (Wildman–Crippen MR) is 67.5 cm³/mol. The highest BCUT2D eigenvalue weighted by molar-refractivity contribution is 4.92. The van der Waals surface area contributed by atoms with E-state index in [1.54, 1.807) is 6.33 Å². The average molecular weight is 237 g/mol. The zero-order valence-electron chi connectivity index (χ0n) is 11.1. The zero-order chi connectivity index (χ0) is 12.5. The van der Waals surface area contributed by atoms with Crippen molar-refractivity contribution in [3.05, 3.63) is 12.2 Å². The average Bonchev–Trinajstić information content (AvgIpc) is 2.87. The van der Waals surface area contributed by atoms with Gasteiger partial charge in [0.2, 0.25) is 0 Å². The highest BCUT2D eigenvalue weighted by atomic mass is 15.4. The van der Waals surface area contributed by atoms with Crippen molar-refractivity contribution in [2.75, 3.05) is 19.6 Å². The number of likely N-dealkylation sites (tertiary alicyclic amines) is 1. The van der Waals surface area contributed by atoms with Crippen LogP contribution in [0.2, 0.25) is 0 Å². The van der Waals surface area contributed by atoms with Gasteiger partial charge in [0.15, 0.2) is 0 Å². The van der Waals surface area contributed by atoms with E-state index in [2.05, 4.69) is 35.8 Å². The summed E-state index contributed by atoms with van der Waals surface area (Å²) >= 11 is 0. The molecule has 1 aromatic rings. The van der Waals surface area contributed by atoms with Gasteiger partial charge in [0.25, 0.3) is 0 Å². The lowest BCUT2D eigenvalue weighted by atomic mass is 9.90. The van der Waals surface area contributed by atoms with Crippen LogP contribution in [-0.4, -0.2) is 39.3 Å². The van der Waals surface area contributed by atoms with Crippen LogP contribution in [0.5, 0.6) is 0 Å². The quantitative estimate of drug-likeness (QED) is 0.849. The van der Waals surface area contributed by atoms with E-state index in [1.165, 1.54) is 6.42 Å². The van der Waals surface area contributed by atoms with Crippen molar-refractivity contribution in [3.8, 4) is 0 Å². The molecular weight excluding hydrogens is 214 g/mol. The molecule has 1 saturated heterocycles. The molecule has 1 aliphatic rings. The van der Waals surface area contributed by atoms with Crippen LogP contribution in [0.4, 0.5) is 0 Å². The molecule has 5 nitrogen and oxygen atoms in total. The first-order valence-electron chi connectivity index (χ1n) is 6.35. The minimum absolute atomic E-state index is 0.280. The first-order chi connectivity index (χ1) is 8.04. The molecule has 0 spiro atoms. The standard InChI is InChI=1S/C12H23N5/c1-10(2)17-11(14-9-15-17)6-16-5-4-12(3,7-13)8-16/h9-10H,4-8,13H2,1-3H3. The third-order valence-electron chi connectivity index (χ3n) is 3.63. The normalized spacial score (nSPS) is 25.9. The van der Waals surface area contributed by atoms with Crippen LogP contribution >= 0.6 is 0 Å². The molecule has 2 rings (SSSR count). The molecule has 0 amide bonds. The molecule has 2 heterocycles. The summed E-state index contributed by atoms with van der Waals surface area (Å²) in [6.07, 6.45) is 2.83. The fourth-order valence-electron chi connectivity index (χ4n) is 2.45. The Kier molecular flexibility index (Phi) is 3.49. The Morgan fingerprint density at radius 3 is 2.88 bits per heavy atom. The number of aromatic nitrogens is 3. The lowest BCUT2D eigenvalue weighted by Gasteiger charge is -2.22. The summed E-state index contributed by atoms with van der Waals surface area (Å²) in [5, 5.41) is 4.27. The topological polar surface area (TPSA) is 60.0 Å². The number of hydrogen-bond acceptors (Lipinski definition) is 4. The third kappa shape index (κ3) is 2.66. The largest absolute Gasteiger partial charge is 0.330 e. The maximum Gasteiger partial charge on any atom is 0.141 e. The van der Waals surface area contributed by atoms with Crippen molar-refractivity contribution < 1.29 is 0 Å². The molecule has 0 bridgehead atoms. The van der Waals surface area contributed by atoms with Gasteiger partial charge in [0, 0.05) is 12.6 Å². The molecule has 96 valence electrons. The monoisotopic (exact) mass is 237 g/mol. The van der Waals surface area contributed by atoms with Gasteiger partial charge in [-0.05, 0) is 38.8 Å². The van der Waals surface area contributed by atoms with Crippen LogP contribution in [0.25, 0.3) is 0 Å². The van der Waals surface area contributed by atoms with Crippen molar-refractivity contribution in [3.63, 3.8) is 0 Å². The Balaban J connectivity index is 2.00. The van der Waals surface area contributed by atoms with Crippen molar-refractivity contribution in [1.29, 1.82) is 0 Å². The maximum atomic E-state index is 5.82. The highest BCUT2D eigenvalue weighted by Gasteiger charge is 2.32. The summed E-state index contributed by atoms with van der Waals surface area (Å²) in [7, 11) is 0. The number of nitrogens with two attached hydrogens (primary N) is 1. The number of hydrogen-bond donors (Lipinski definition) is 1. The Morgan fingerprint density at radius 2 is 2.29 bits per heavy atom. The molecule has 1 aliphatic heterocycles. The van der Waals surface area contributed by atoms with E-state index in [1.807, 2.05) is 4.68 Å². The SMILES string of the molecule is CC(C)n1ncnc1CN1CCC(C)(CN)C1. The van der Waals surface area contributed by atoms with Gasteiger partial charge >= 0.3 is 0 Å². The first kappa shape index (κ1) is 12.5. The summed E-state index contributed by atoms with van der Waals surface area (Å²) in [6.45, 7) is 10.3. The minimum atomic E-state index is 0.280. The Labute approximate surface area is 103 Å². The lowest BCUT2D eigenvalue weighted by Crippen LogP contribution is -2.31. The highest BCUT2D eigenvalue weighted by Crippen LogP contribution is 2.29. The summed E-state index contributed by atoms with van der Waals surface area (Å²) in [4.78, 5) is 6.78. The van der Waals surface area contributed by atoms with Crippen LogP contribution in [0.15, 0.2) is 6.33 Å². The molecule has 1 fully saturated rings. The molecule has 1 unspecified atom stereocenters. The Hall–Kier alpha value is -0.940.